The lowest BCUT2D eigenvalue weighted by Gasteiger charge is -2.19. The lowest BCUT2D eigenvalue weighted by molar-refractivity contribution is -0.148. The fourth-order valence-electron chi connectivity index (χ4n) is 1.30. The summed E-state index contributed by atoms with van der Waals surface area (Å²) in [6.07, 6.45) is 1.16. The normalized spacial score (nSPS) is 12.4. The Bertz CT molecular complexity index is 531. The maximum Gasteiger partial charge on any atom is 0.317 e. The van der Waals surface area contributed by atoms with E-state index in [1.807, 2.05) is 0 Å². The average molecular weight is 291 g/mol. The van der Waals surface area contributed by atoms with Crippen LogP contribution in [0.4, 0.5) is 0 Å². The molecule has 0 aliphatic rings. The number of carbonyl (C=O) groups is 1. The summed E-state index contributed by atoms with van der Waals surface area (Å²) in [5.74, 6) is -0.461. The molecule has 0 radical (unpaired) electrons. The van der Waals surface area contributed by atoms with Crippen LogP contribution in [0.2, 0.25) is 0 Å². The van der Waals surface area contributed by atoms with Crippen molar-refractivity contribution in [3.63, 3.8) is 0 Å². The van der Waals surface area contributed by atoms with E-state index in [1.54, 1.807) is 26.2 Å². The molecule has 0 N–H and O–H groups in total. The average Bonchev–Trinajstić information content (AvgIpc) is 2.64. The van der Waals surface area contributed by atoms with Crippen LogP contribution in [0.5, 0.6) is 0 Å². The van der Waals surface area contributed by atoms with Crippen LogP contribution in [0.15, 0.2) is 5.38 Å². The monoisotopic (exact) mass is 291 g/mol. The van der Waals surface area contributed by atoms with Crippen molar-refractivity contribution in [2.45, 2.75) is 31.9 Å². The van der Waals surface area contributed by atoms with Crippen LogP contribution in [0, 0.1) is 0 Å². The molecule has 0 aliphatic heterocycles. The minimum absolute atomic E-state index is 0.101. The summed E-state index contributed by atoms with van der Waals surface area (Å²) in [4.78, 5) is 16.0. The van der Waals surface area contributed by atoms with Gasteiger partial charge in [-0.3, -0.25) is 4.79 Å². The minimum atomic E-state index is -3.11. The van der Waals surface area contributed by atoms with Gasteiger partial charge in [0.25, 0.3) is 0 Å². The number of sulfone groups is 1. The summed E-state index contributed by atoms with van der Waals surface area (Å²) < 4.78 is 27.3. The number of carbonyl (C=O) groups excluding carboxylic acids is 1. The van der Waals surface area contributed by atoms with Crippen molar-refractivity contribution in [3.05, 3.63) is 16.1 Å². The van der Waals surface area contributed by atoms with E-state index in [0.717, 1.165) is 6.26 Å². The Morgan fingerprint density at radius 2 is 2.11 bits per heavy atom. The van der Waals surface area contributed by atoms with Gasteiger partial charge in [0.2, 0.25) is 0 Å². The number of thiazole rings is 1. The topological polar surface area (TPSA) is 73.3 Å². The van der Waals surface area contributed by atoms with Gasteiger partial charge in [-0.1, -0.05) is 0 Å². The summed E-state index contributed by atoms with van der Waals surface area (Å²) >= 11 is 1.24. The molecule has 0 fully saturated rings. The van der Waals surface area contributed by atoms with Crippen molar-refractivity contribution < 1.29 is 17.9 Å². The van der Waals surface area contributed by atoms with E-state index in [-0.39, 0.29) is 11.7 Å². The van der Waals surface area contributed by atoms with E-state index in [2.05, 4.69) is 4.98 Å². The van der Waals surface area contributed by atoms with Gasteiger partial charge in [-0.25, -0.2) is 13.4 Å². The molecule has 0 spiro atoms. The van der Waals surface area contributed by atoms with Crippen molar-refractivity contribution in [2.24, 2.45) is 0 Å². The van der Waals surface area contributed by atoms with E-state index >= 15 is 0 Å². The van der Waals surface area contributed by atoms with E-state index < -0.39 is 15.3 Å². The van der Waals surface area contributed by atoms with Gasteiger partial charge >= 0.3 is 5.97 Å². The molecule has 0 saturated carbocycles. The second-order valence-corrected chi connectivity index (χ2v) is 7.62. The van der Waals surface area contributed by atoms with Crippen molar-refractivity contribution in [1.29, 1.82) is 0 Å². The van der Waals surface area contributed by atoms with Gasteiger partial charge in [0.15, 0.2) is 9.84 Å². The highest BCUT2D eigenvalue weighted by Gasteiger charge is 2.34. The van der Waals surface area contributed by atoms with Crippen LogP contribution < -0.4 is 0 Å². The Morgan fingerprint density at radius 3 is 2.61 bits per heavy atom. The third-order valence-corrected chi connectivity index (χ3v) is 4.19. The zero-order chi connectivity index (χ0) is 14.0. The molecule has 1 rings (SSSR count). The first-order chi connectivity index (χ1) is 8.16. The Labute approximate surface area is 111 Å². The smallest absolute Gasteiger partial charge is 0.317 e. The third kappa shape index (κ3) is 3.78. The molecule has 0 aromatic carbocycles. The molecule has 0 bridgehead atoms. The Hall–Kier alpha value is -0.950. The fraction of sp³-hybridized carbons (Fsp3) is 0.636. The number of ether oxygens (including phenoxy) is 1. The molecule has 7 heteroatoms. The second kappa shape index (κ2) is 5.36. The first kappa shape index (κ1) is 15.1. The molecule has 1 aromatic rings. The van der Waals surface area contributed by atoms with Crippen molar-refractivity contribution in [1.82, 2.24) is 4.98 Å². The van der Waals surface area contributed by atoms with Crippen molar-refractivity contribution in [3.8, 4) is 0 Å². The number of aromatic nitrogens is 1. The summed E-state index contributed by atoms with van der Waals surface area (Å²) in [7, 11) is -3.11. The molecule has 0 atom stereocenters. The Kier molecular flexibility index (Phi) is 4.50. The first-order valence-electron chi connectivity index (χ1n) is 5.46. The minimum Gasteiger partial charge on any atom is -0.465 e. The van der Waals surface area contributed by atoms with Crippen LogP contribution in [0.3, 0.4) is 0 Å². The number of hydrogen-bond donors (Lipinski definition) is 0. The summed E-state index contributed by atoms with van der Waals surface area (Å²) in [5, 5.41) is 2.20. The molecule has 0 amide bonds. The standard InChI is InChI=1S/C11H17NO4S2/c1-5-16-10(13)11(2,3)8-6-17-9(12-8)7-18(4,14)15/h6H,5,7H2,1-4H3. The van der Waals surface area contributed by atoms with Crippen LogP contribution in [-0.2, 0) is 30.5 Å². The molecule has 0 aliphatic carbocycles. The molecule has 0 saturated heterocycles. The predicted octanol–water partition coefficient (Wildman–Crippen LogP) is 1.53. The van der Waals surface area contributed by atoms with Crippen LogP contribution in [0.1, 0.15) is 31.5 Å². The van der Waals surface area contributed by atoms with Gasteiger partial charge in [0.1, 0.15) is 16.2 Å². The highest BCUT2D eigenvalue weighted by atomic mass is 32.2. The molecule has 18 heavy (non-hydrogen) atoms. The number of esters is 1. The van der Waals surface area contributed by atoms with Gasteiger partial charge in [0, 0.05) is 11.6 Å². The van der Waals surface area contributed by atoms with E-state index in [4.69, 9.17) is 4.74 Å². The van der Waals surface area contributed by atoms with Crippen molar-refractivity contribution >= 4 is 27.1 Å². The largest absolute Gasteiger partial charge is 0.465 e. The zero-order valence-electron chi connectivity index (χ0n) is 10.9. The first-order valence-corrected chi connectivity index (χ1v) is 8.40. The third-order valence-electron chi connectivity index (χ3n) is 2.36. The highest BCUT2D eigenvalue weighted by Crippen LogP contribution is 2.26. The van der Waals surface area contributed by atoms with Crippen molar-refractivity contribution in [2.75, 3.05) is 12.9 Å². The zero-order valence-corrected chi connectivity index (χ0v) is 12.5. The molecule has 1 heterocycles. The van der Waals surface area contributed by atoms with Gasteiger partial charge in [-0.2, -0.15) is 0 Å². The summed E-state index contributed by atoms with van der Waals surface area (Å²) in [6.45, 7) is 5.47. The number of hydrogen-bond acceptors (Lipinski definition) is 6. The molecular formula is C11H17NO4S2. The summed E-state index contributed by atoms with van der Waals surface area (Å²) in [6, 6.07) is 0. The lowest BCUT2D eigenvalue weighted by atomic mass is 9.90. The number of rotatable bonds is 5. The molecule has 1 aromatic heterocycles. The van der Waals surface area contributed by atoms with Crippen LogP contribution in [-0.4, -0.2) is 32.2 Å². The quantitative estimate of drug-likeness (QED) is 0.769. The molecule has 5 nitrogen and oxygen atoms in total. The second-order valence-electron chi connectivity index (χ2n) is 4.54. The number of nitrogens with zero attached hydrogens (tertiary/aromatic N) is 1. The fourth-order valence-corrected chi connectivity index (χ4v) is 3.48. The lowest BCUT2D eigenvalue weighted by Crippen LogP contribution is -2.31. The summed E-state index contributed by atoms with van der Waals surface area (Å²) in [5.41, 5.74) is -0.313. The van der Waals surface area contributed by atoms with Gasteiger partial charge < -0.3 is 4.74 Å². The van der Waals surface area contributed by atoms with E-state index in [1.165, 1.54) is 11.3 Å². The maximum absolute atomic E-state index is 11.8. The molecule has 102 valence electrons. The SMILES string of the molecule is CCOC(=O)C(C)(C)c1csc(CS(C)(=O)=O)n1. The molecule has 0 unspecified atom stereocenters. The van der Waals surface area contributed by atoms with Gasteiger partial charge in [-0.05, 0) is 20.8 Å². The Balaban J connectivity index is 2.94. The Morgan fingerprint density at radius 1 is 1.50 bits per heavy atom. The van der Waals surface area contributed by atoms with Gasteiger partial charge in [-0.15, -0.1) is 11.3 Å². The van der Waals surface area contributed by atoms with Gasteiger partial charge in [0.05, 0.1) is 12.3 Å². The maximum atomic E-state index is 11.8. The van der Waals surface area contributed by atoms with Crippen LogP contribution in [0.25, 0.3) is 0 Å². The van der Waals surface area contributed by atoms with E-state index in [0.29, 0.717) is 17.3 Å². The van der Waals surface area contributed by atoms with E-state index in [9.17, 15) is 13.2 Å². The van der Waals surface area contributed by atoms with Crippen LogP contribution >= 0.6 is 11.3 Å². The highest BCUT2D eigenvalue weighted by molar-refractivity contribution is 7.90. The molecular weight excluding hydrogens is 274 g/mol. The predicted molar refractivity (Wildman–Crippen MR) is 70.3 cm³/mol.